The summed E-state index contributed by atoms with van der Waals surface area (Å²) >= 11 is 0. The molecule has 2 rings (SSSR count). The van der Waals surface area contributed by atoms with E-state index in [2.05, 4.69) is 0 Å². The molecule has 1 aliphatic rings. The first-order valence-corrected chi connectivity index (χ1v) is 6.42. The van der Waals surface area contributed by atoms with Crippen LogP contribution in [0.5, 0.6) is 0 Å². The van der Waals surface area contributed by atoms with E-state index in [9.17, 15) is 8.78 Å². The van der Waals surface area contributed by atoms with E-state index in [1.165, 1.54) is 18.2 Å². The van der Waals surface area contributed by atoms with E-state index in [1.54, 1.807) is 0 Å². The van der Waals surface area contributed by atoms with Gasteiger partial charge in [-0.15, -0.1) is 0 Å². The molecule has 0 spiro atoms. The highest BCUT2D eigenvalue weighted by Crippen LogP contribution is 2.37. The van der Waals surface area contributed by atoms with Crippen molar-refractivity contribution < 1.29 is 13.5 Å². The lowest BCUT2D eigenvalue weighted by atomic mass is 9.77. The van der Waals surface area contributed by atoms with Crippen LogP contribution in [0.25, 0.3) is 0 Å². The van der Waals surface area contributed by atoms with Gasteiger partial charge in [0.1, 0.15) is 11.6 Å². The summed E-state index contributed by atoms with van der Waals surface area (Å²) < 4.78 is 32.5. The van der Waals surface area contributed by atoms with Crippen LogP contribution < -0.4 is 5.73 Å². The molecule has 2 N–H and O–H groups in total. The Bertz CT molecular complexity index is 385. The van der Waals surface area contributed by atoms with Crippen molar-refractivity contribution in [2.45, 2.75) is 38.3 Å². The summed E-state index contributed by atoms with van der Waals surface area (Å²) in [6.45, 7) is 2.68. The highest BCUT2D eigenvalue weighted by molar-refractivity contribution is 5.23. The van der Waals surface area contributed by atoms with Gasteiger partial charge in [-0.2, -0.15) is 0 Å². The van der Waals surface area contributed by atoms with E-state index in [4.69, 9.17) is 10.5 Å². The molecule has 0 aromatic heterocycles. The van der Waals surface area contributed by atoms with Gasteiger partial charge in [-0.1, -0.05) is 6.07 Å². The quantitative estimate of drug-likeness (QED) is 0.877. The van der Waals surface area contributed by atoms with Gasteiger partial charge >= 0.3 is 0 Å². The minimum absolute atomic E-state index is 0.0114. The smallest absolute Gasteiger partial charge is 0.130 e. The summed E-state index contributed by atoms with van der Waals surface area (Å²) in [4.78, 5) is 0. The van der Waals surface area contributed by atoms with Crippen molar-refractivity contribution in [1.29, 1.82) is 0 Å². The SMILES string of the molecule is CCOC1CC(CC(N)c2c(F)cccc2F)C1. The van der Waals surface area contributed by atoms with Crippen molar-refractivity contribution in [3.63, 3.8) is 0 Å². The van der Waals surface area contributed by atoms with E-state index in [-0.39, 0.29) is 5.56 Å². The van der Waals surface area contributed by atoms with Crippen LogP contribution in [0, 0.1) is 17.6 Å². The van der Waals surface area contributed by atoms with Gasteiger partial charge in [-0.05, 0) is 44.2 Å². The molecular formula is C14H19F2NO. The highest BCUT2D eigenvalue weighted by atomic mass is 19.1. The Hall–Kier alpha value is -1.00. The molecule has 1 saturated carbocycles. The molecule has 0 amide bonds. The van der Waals surface area contributed by atoms with Crippen molar-refractivity contribution in [2.75, 3.05) is 6.61 Å². The van der Waals surface area contributed by atoms with Crippen LogP contribution in [0.3, 0.4) is 0 Å². The predicted molar refractivity (Wildman–Crippen MR) is 66.0 cm³/mol. The molecule has 1 fully saturated rings. The van der Waals surface area contributed by atoms with Crippen LogP contribution in [-0.2, 0) is 4.74 Å². The van der Waals surface area contributed by atoms with Gasteiger partial charge in [0.15, 0.2) is 0 Å². The fourth-order valence-corrected chi connectivity index (χ4v) is 2.58. The normalized spacial score (nSPS) is 24.7. The molecule has 1 aliphatic carbocycles. The Balaban J connectivity index is 1.91. The zero-order valence-corrected chi connectivity index (χ0v) is 10.5. The van der Waals surface area contributed by atoms with E-state index >= 15 is 0 Å². The minimum Gasteiger partial charge on any atom is -0.378 e. The molecule has 1 aromatic carbocycles. The first-order valence-electron chi connectivity index (χ1n) is 6.42. The average molecular weight is 255 g/mol. The molecule has 1 atom stereocenters. The minimum atomic E-state index is -0.571. The number of rotatable bonds is 5. The predicted octanol–water partition coefficient (Wildman–Crippen LogP) is 3.17. The maximum Gasteiger partial charge on any atom is 0.130 e. The molecule has 100 valence electrons. The maximum atomic E-state index is 13.5. The Morgan fingerprint density at radius 3 is 2.50 bits per heavy atom. The third-order valence-electron chi connectivity index (χ3n) is 3.55. The molecule has 0 bridgehead atoms. The van der Waals surface area contributed by atoms with Crippen molar-refractivity contribution in [3.8, 4) is 0 Å². The van der Waals surface area contributed by atoms with Gasteiger partial charge in [0, 0.05) is 18.2 Å². The molecule has 0 aliphatic heterocycles. The van der Waals surface area contributed by atoms with Gasteiger partial charge in [0.2, 0.25) is 0 Å². The van der Waals surface area contributed by atoms with E-state index in [0.29, 0.717) is 25.0 Å². The van der Waals surface area contributed by atoms with Crippen molar-refractivity contribution >= 4 is 0 Å². The first kappa shape index (κ1) is 13.4. The van der Waals surface area contributed by atoms with Gasteiger partial charge in [0.25, 0.3) is 0 Å². The molecule has 18 heavy (non-hydrogen) atoms. The second kappa shape index (κ2) is 5.76. The number of ether oxygens (including phenoxy) is 1. The van der Waals surface area contributed by atoms with E-state index in [0.717, 1.165) is 12.8 Å². The number of hydrogen-bond donors (Lipinski definition) is 1. The largest absolute Gasteiger partial charge is 0.378 e. The summed E-state index contributed by atoms with van der Waals surface area (Å²) in [6, 6.07) is 3.29. The Morgan fingerprint density at radius 1 is 1.33 bits per heavy atom. The molecule has 4 heteroatoms. The summed E-state index contributed by atoms with van der Waals surface area (Å²) in [7, 11) is 0. The Labute approximate surface area is 106 Å². The number of benzene rings is 1. The van der Waals surface area contributed by atoms with E-state index in [1.807, 2.05) is 6.92 Å². The Kier molecular flexibility index (Phi) is 4.30. The monoisotopic (exact) mass is 255 g/mol. The van der Waals surface area contributed by atoms with Crippen molar-refractivity contribution in [3.05, 3.63) is 35.4 Å². The van der Waals surface area contributed by atoms with Crippen LogP contribution in [-0.4, -0.2) is 12.7 Å². The standard InChI is InChI=1S/C14H19F2NO/c1-2-18-10-6-9(7-10)8-13(17)14-11(15)4-3-5-12(14)16/h3-5,9-10,13H,2,6-8,17H2,1H3. The van der Waals surface area contributed by atoms with Crippen LogP contribution in [0.2, 0.25) is 0 Å². The summed E-state index contributed by atoms with van der Waals surface area (Å²) in [5.41, 5.74) is 5.92. The number of halogens is 2. The van der Waals surface area contributed by atoms with Gasteiger partial charge in [-0.3, -0.25) is 0 Å². The maximum absolute atomic E-state index is 13.5. The topological polar surface area (TPSA) is 35.2 Å². The Morgan fingerprint density at radius 2 is 1.94 bits per heavy atom. The molecule has 2 nitrogen and oxygen atoms in total. The second-order valence-corrected chi connectivity index (χ2v) is 4.89. The molecule has 0 saturated heterocycles. The number of hydrogen-bond acceptors (Lipinski definition) is 2. The molecular weight excluding hydrogens is 236 g/mol. The fourth-order valence-electron chi connectivity index (χ4n) is 2.58. The summed E-state index contributed by atoms with van der Waals surface area (Å²) in [5, 5.41) is 0. The zero-order valence-electron chi connectivity index (χ0n) is 10.5. The zero-order chi connectivity index (χ0) is 13.1. The van der Waals surface area contributed by atoms with Gasteiger partial charge in [-0.25, -0.2) is 8.78 Å². The lowest BCUT2D eigenvalue weighted by Gasteiger charge is -2.36. The lowest BCUT2D eigenvalue weighted by molar-refractivity contribution is -0.0283. The lowest BCUT2D eigenvalue weighted by Crippen LogP contribution is -2.33. The van der Waals surface area contributed by atoms with Gasteiger partial charge < -0.3 is 10.5 Å². The van der Waals surface area contributed by atoms with Crippen LogP contribution in [0.15, 0.2) is 18.2 Å². The first-order chi connectivity index (χ1) is 8.61. The highest BCUT2D eigenvalue weighted by Gasteiger charge is 2.32. The molecule has 1 aromatic rings. The summed E-state index contributed by atoms with van der Waals surface area (Å²) in [5.74, 6) is -0.693. The van der Waals surface area contributed by atoms with Crippen LogP contribution >= 0.6 is 0 Å². The third-order valence-corrected chi connectivity index (χ3v) is 3.55. The third kappa shape index (κ3) is 2.87. The fraction of sp³-hybridized carbons (Fsp3) is 0.571. The molecule has 1 unspecified atom stereocenters. The molecule has 0 heterocycles. The van der Waals surface area contributed by atoms with Gasteiger partial charge in [0.05, 0.1) is 6.10 Å². The average Bonchev–Trinajstić information content (AvgIpc) is 2.26. The molecule has 0 radical (unpaired) electrons. The van der Waals surface area contributed by atoms with Crippen molar-refractivity contribution in [1.82, 2.24) is 0 Å². The summed E-state index contributed by atoms with van der Waals surface area (Å²) in [6.07, 6.45) is 2.80. The number of nitrogens with two attached hydrogens (primary N) is 1. The van der Waals surface area contributed by atoms with E-state index < -0.39 is 17.7 Å². The van der Waals surface area contributed by atoms with Crippen LogP contribution in [0.4, 0.5) is 8.78 Å². The van der Waals surface area contributed by atoms with Crippen molar-refractivity contribution in [2.24, 2.45) is 11.7 Å². The van der Waals surface area contributed by atoms with Crippen LogP contribution in [0.1, 0.15) is 37.8 Å². The second-order valence-electron chi connectivity index (χ2n) is 4.89.